The Morgan fingerprint density at radius 2 is 1.76 bits per heavy atom. The molecule has 25 heavy (non-hydrogen) atoms. The van der Waals surface area contributed by atoms with E-state index in [9.17, 15) is 9.59 Å². The molecular weight excluding hydrogens is 316 g/mol. The van der Waals surface area contributed by atoms with Crippen molar-refractivity contribution in [1.29, 1.82) is 5.26 Å². The fraction of sp³-hybridized carbons (Fsp3) is 0.250. The van der Waals surface area contributed by atoms with Crippen LogP contribution in [0.5, 0.6) is 5.75 Å². The van der Waals surface area contributed by atoms with E-state index >= 15 is 0 Å². The topological polar surface area (TPSA) is 79.2 Å². The van der Waals surface area contributed by atoms with Crippen molar-refractivity contribution in [3.05, 3.63) is 65.2 Å². The van der Waals surface area contributed by atoms with E-state index in [1.54, 1.807) is 36.4 Å². The minimum atomic E-state index is -0.245. The van der Waals surface area contributed by atoms with Gasteiger partial charge in [0.25, 0.3) is 5.91 Å². The Labute approximate surface area is 147 Å². The number of nitrogens with zero attached hydrogens (tertiary/aromatic N) is 1. The molecule has 1 unspecified atom stereocenters. The summed E-state index contributed by atoms with van der Waals surface area (Å²) in [7, 11) is 0. The van der Waals surface area contributed by atoms with Gasteiger partial charge in [-0.15, -0.1) is 0 Å². The van der Waals surface area contributed by atoms with E-state index < -0.39 is 0 Å². The quantitative estimate of drug-likeness (QED) is 0.786. The standard InChI is InChI=1S/C20H20N2O3/c1-3-19(23)17-8-10-18(11-9-17)25-13-20(24)22-14(2)16-6-4-15(12-21)5-7-16/h4-11,14H,3,13H2,1-2H3,(H,22,24). The van der Waals surface area contributed by atoms with Crippen LogP contribution in [0.3, 0.4) is 0 Å². The largest absolute Gasteiger partial charge is 0.484 e. The molecule has 5 nitrogen and oxygen atoms in total. The molecule has 1 atom stereocenters. The second-order valence-corrected chi connectivity index (χ2v) is 5.61. The molecule has 5 heteroatoms. The molecule has 128 valence electrons. The zero-order valence-corrected chi connectivity index (χ0v) is 14.3. The van der Waals surface area contributed by atoms with Crippen molar-refractivity contribution >= 4 is 11.7 Å². The van der Waals surface area contributed by atoms with Gasteiger partial charge >= 0.3 is 0 Å². The predicted octanol–water partition coefficient (Wildman–Crippen LogP) is 3.41. The van der Waals surface area contributed by atoms with Crippen LogP contribution in [-0.2, 0) is 4.79 Å². The number of hydrogen-bond donors (Lipinski definition) is 1. The molecular formula is C20H20N2O3. The van der Waals surface area contributed by atoms with Gasteiger partial charge in [-0.25, -0.2) is 0 Å². The molecule has 0 aliphatic rings. The number of benzene rings is 2. The fourth-order valence-corrected chi connectivity index (χ4v) is 2.30. The molecule has 0 spiro atoms. The van der Waals surface area contributed by atoms with Crippen LogP contribution in [0.4, 0.5) is 0 Å². The molecule has 0 aromatic heterocycles. The van der Waals surface area contributed by atoms with Crippen LogP contribution < -0.4 is 10.1 Å². The first-order valence-electron chi connectivity index (χ1n) is 8.09. The monoisotopic (exact) mass is 336 g/mol. The van der Waals surface area contributed by atoms with Crippen LogP contribution in [-0.4, -0.2) is 18.3 Å². The van der Waals surface area contributed by atoms with E-state index in [1.807, 2.05) is 26.0 Å². The number of Topliss-reactive ketones (excluding diaryl/α,β-unsaturated/α-hetero) is 1. The summed E-state index contributed by atoms with van der Waals surface area (Å²) < 4.78 is 5.44. The number of nitriles is 1. The van der Waals surface area contributed by atoms with Crippen LogP contribution >= 0.6 is 0 Å². The van der Waals surface area contributed by atoms with Crippen molar-refractivity contribution in [2.45, 2.75) is 26.3 Å². The van der Waals surface area contributed by atoms with Crippen LogP contribution in [0.2, 0.25) is 0 Å². The van der Waals surface area contributed by atoms with E-state index in [2.05, 4.69) is 11.4 Å². The first-order chi connectivity index (χ1) is 12.0. The van der Waals surface area contributed by atoms with Gasteiger partial charge in [-0.3, -0.25) is 9.59 Å². The molecule has 1 amide bonds. The van der Waals surface area contributed by atoms with Crippen LogP contribution in [0.25, 0.3) is 0 Å². The lowest BCUT2D eigenvalue weighted by Gasteiger charge is -2.15. The van der Waals surface area contributed by atoms with Gasteiger partial charge in [0.2, 0.25) is 0 Å². The van der Waals surface area contributed by atoms with Gasteiger partial charge in [0.05, 0.1) is 17.7 Å². The summed E-state index contributed by atoms with van der Waals surface area (Å²) in [5.74, 6) is 0.361. The zero-order chi connectivity index (χ0) is 18.2. The van der Waals surface area contributed by atoms with Crippen LogP contribution in [0.15, 0.2) is 48.5 Å². The van der Waals surface area contributed by atoms with E-state index in [-0.39, 0.29) is 24.3 Å². The third kappa shape index (κ3) is 5.18. The van der Waals surface area contributed by atoms with Crippen molar-refractivity contribution in [2.75, 3.05) is 6.61 Å². The average molecular weight is 336 g/mol. The van der Waals surface area contributed by atoms with Crippen LogP contribution in [0.1, 0.15) is 47.8 Å². The Morgan fingerprint density at radius 1 is 1.12 bits per heavy atom. The highest BCUT2D eigenvalue weighted by Gasteiger charge is 2.10. The van der Waals surface area contributed by atoms with Crippen molar-refractivity contribution < 1.29 is 14.3 Å². The number of rotatable bonds is 7. The van der Waals surface area contributed by atoms with Crippen molar-refractivity contribution in [3.8, 4) is 11.8 Å². The highest BCUT2D eigenvalue weighted by molar-refractivity contribution is 5.95. The minimum Gasteiger partial charge on any atom is -0.484 e. The summed E-state index contributed by atoms with van der Waals surface area (Å²) in [6.07, 6.45) is 0.454. The van der Waals surface area contributed by atoms with Crippen molar-refractivity contribution in [3.63, 3.8) is 0 Å². The predicted molar refractivity (Wildman–Crippen MR) is 94.3 cm³/mol. The molecule has 0 bridgehead atoms. The first kappa shape index (κ1) is 18.2. The lowest BCUT2D eigenvalue weighted by atomic mass is 10.1. The van der Waals surface area contributed by atoms with E-state index in [4.69, 9.17) is 10.00 Å². The second-order valence-electron chi connectivity index (χ2n) is 5.61. The Morgan fingerprint density at radius 3 is 2.32 bits per heavy atom. The number of hydrogen-bond acceptors (Lipinski definition) is 4. The number of ether oxygens (including phenoxy) is 1. The summed E-state index contributed by atoms with van der Waals surface area (Å²) in [4.78, 5) is 23.6. The Kier molecular flexibility index (Phi) is 6.30. The maximum atomic E-state index is 12.0. The van der Waals surface area contributed by atoms with Crippen molar-refractivity contribution in [2.24, 2.45) is 0 Å². The molecule has 0 heterocycles. The van der Waals surface area contributed by atoms with Crippen molar-refractivity contribution in [1.82, 2.24) is 5.32 Å². The molecule has 0 aliphatic heterocycles. The Balaban J connectivity index is 1.85. The Hall–Kier alpha value is -3.13. The number of amides is 1. The highest BCUT2D eigenvalue weighted by atomic mass is 16.5. The minimum absolute atomic E-state index is 0.0699. The number of ketones is 1. The third-order valence-electron chi connectivity index (χ3n) is 3.78. The molecule has 2 aromatic carbocycles. The van der Waals surface area contributed by atoms with Gasteiger partial charge < -0.3 is 10.1 Å². The van der Waals surface area contributed by atoms with Gasteiger partial charge in [-0.05, 0) is 48.9 Å². The lowest BCUT2D eigenvalue weighted by molar-refractivity contribution is -0.123. The smallest absolute Gasteiger partial charge is 0.258 e. The molecule has 0 saturated carbocycles. The zero-order valence-electron chi connectivity index (χ0n) is 14.3. The molecule has 0 radical (unpaired) electrons. The maximum Gasteiger partial charge on any atom is 0.258 e. The van der Waals surface area contributed by atoms with Crippen LogP contribution in [0, 0.1) is 11.3 Å². The van der Waals surface area contributed by atoms with Gasteiger partial charge in [0.1, 0.15) is 5.75 Å². The summed E-state index contributed by atoms with van der Waals surface area (Å²) in [5, 5.41) is 11.6. The number of nitrogens with one attached hydrogen (secondary N) is 1. The second kappa shape index (κ2) is 8.65. The molecule has 0 fully saturated rings. The summed E-state index contributed by atoms with van der Waals surface area (Å²) in [6, 6.07) is 15.7. The Bertz CT molecular complexity index is 774. The van der Waals surface area contributed by atoms with Gasteiger partial charge in [-0.1, -0.05) is 19.1 Å². The van der Waals surface area contributed by atoms with E-state index in [0.29, 0.717) is 23.3 Å². The number of carbonyl (C=O) groups excluding carboxylic acids is 2. The normalized spacial score (nSPS) is 11.2. The molecule has 0 aliphatic carbocycles. The molecule has 1 N–H and O–H groups in total. The number of carbonyl (C=O) groups is 2. The molecule has 2 aromatic rings. The summed E-state index contributed by atoms with van der Waals surface area (Å²) in [5.41, 5.74) is 2.12. The summed E-state index contributed by atoms with van der Waals surface area (Å²) in [6.45, 7) is 3.57. The molecule has 0 saturated heterocycles. The van der Waals surface area contributed by atoms with Gasteiger partial charge in [-0.2, -0.15) is 5.26 Å². The summed E-state index contributed by atoms with van der Waals surface area (Å²) >= 11 is 0. The van der Waals surface area contributed by atoms with Gasteiger partial charge in [0, 0.05) is 12.0 Å². The first-order valence-corrected chi connectivity index (χ1v) is 8.09. The molecule has 2 rings (SSSR count). The average Bonchev–Trinajstić information content (AvgIpc) is 2.66. The van der Waals surface area contributed by atoms with E-state index in [1.165, 1.54) is 0 Å². The van der Waals surface area contributed by atoms with E-state index in [0.717, 1.165) is 5.56 Å². The highest BCUT2D eigenvalue weighted by Crippen LogP contribution is 2.15. The third-order valence-corrected chi connectivity index (χ3v) is 3.78. The SMILES string of the molecule is CCC(=O)c1ccc(OCC(=O)NC(C)c2ccc(C#N)cc2)cc1. The lowest BCUT2D eigenvalue weighted by Crippen LogP contribution is -2.31. The van der Waals surface area contributed by atoms with Gasteiger partial charge in [0.15, 0.2) is 12.4 Å². The fourth-order valence-electron chi connectivity index (χ4n) is 2.30. The maximum absolute atomic E-state index is 12.0.